The predicted octanol–water partition coefficient (Wildman–Crippen LogP) is 4.83. The average Bonchev–Trinajstić information content (AvgIpc) is 2.67. The van der Waals surface area contributed by atoms with E-state index in [2.05, 4.69) is 29.2 Å². The summed E-state index contributed by atoms with van der Waals surface area (Å²) < 4.78 is 0. The van der Waals surface area contributed by atoms with E-state index in [9.17, 15) is 4.79 Å². The van der Waals surface area contributed by atoms with Crippen LogP contribution in [0.1, 0.15) is 50.2 Å². The second kappa shape index (κ2) is 8.44. The maximum Gasteiger partial charge on any atom is 0.144 e. The minimum Gasteiger partial charge on any atom is -0.303 e. The Bertz CT molecular complexity index is 620. The summed E-state index contributed by atoms with van der Waals surface area (Å²) in [4.78, 5) is 15.5. The largest absolute Gasteiger partial charge is 0.303 e. The first-order chi connectivity index (χ1) is 12.2. The molecule has 1 aliphatic heterocycles. The highest BCUT2D eigenvalue weighted by atomic mass is 16.1. The number of Topliss-reactive ketones (excluding diaryl/α,β-unsaturated/α-hetero) is 1. The summed E-state index contributed by atoms with van der Waals surface area (Å²) in [7, 11) is 0. The fourth-order valence-electron chi connectivity index (χ4n) is 4.23. The van der Waals surface area contributed by atoms with Gasteiger partial charge < -0.3 is 4.90 Å². The summed E-state index contributed by atoms with van der Waals surface area (Å²) in [5, 5.41) is 0. The molecule has 2 aromatic carbocycles. The number of carbonyl (C=O) groups is 1. The van der Waals surface area contributed by atoms with Crippen molar-refractivity contribution in [3.05, 3.63) is 71.8 Å². The van der Waals surface area contributed by atoms with Crippen LogP contribution >= 0.6 is 0 Å². The van der Waals surface area contributed by atoms with Gasteiger partial charge in [0.2, 0.25) is 0 Å². The van der Waals surface area contributed by atoms with Gasteiger partial charge in [0.25, 0.3) is 0 Å². The Labute approximate surface area is 151 Å². The van der Waals surface area contributed by atoms with Crippen molar-refractivity contribution in [2.24, 2.45) is 0 Å². The summed E-state index contributed by atoms with van der Waals surface area (Å²) in [6, 6.07) is 20.6. The lowest BCUT2D eigenvalue weighted by Crippen LogP contribution is -2.37. The maximum atomic E-state index is 12.9. The second-order valence-corrected chi connectivity index (χ2v) is 7.20. The number of nitrogens with zero attached hydrogens (tertiary/aromatic N) is 1. The Morgan fingerprint density at radius 2 is 1.40 bits per heavy atom. The van der Waals surface area contributed by atoms with E-state index in [0.29, 0.717) is 0 Å². The number of hydrogen-bond donors (Lipinski definition) is 0. The third-order valence-electron chi connectivity index (χ3n) is 5.61. The molecule has 0 bridgehead atoms. The molecule has 132 valence electrons. The molecule has 1 saturated heterocycles. The molecule has 1 aliphatic rings. The molecule has 0 aromatic heterocycles. The van der Waals surface area contributed by atoms with E-state index < -0.39 is 5.41 Å². The van der Waals surface area contributed by atoms with Gasteiger partial charge in [-0.3, -0.25) is 4.79 Å². The van der Waals surface area contributed by atoms with E-state index in [1.165, 1.54) is 32.4 Å². The van der Waals surface area contributed by atoms with Crippen LogP contribution in [0.15, 0.2) is 60.7 Å². The first kappa shape index (κ1) is 17.9. The molecule has 0 saturated carbocycles. The fraction of sp³-hybridized carbons (Fsp3) is 0.435. The summed E-state index contributed by atoms with van der Waals surface area (Å²) in [5.41, 5.74) is 1.71. The fourth-order valence-corrected chi connectivity index (χ4v) is 4.23. The molecule has 0 unspecified atom stereocenters. The minimum absolute atomic E-state index is 0.239. The van der Waals surface area contributed by atoms with Crippen LogP contribution in [0.5, 0.6) is 0 Å². The molecule has 25 heavy (non-hydrogen) atoms. The predicted molar refractivity (Wildman–Crippen MR) is 104 cm³/mol. The van der Waals surface area contributed by atoms with Gasteiger partial charge in [-0.2, -0.15) is 0 Å². The number of rotatable bonds is 7. The zero-order chi connectivity index (χ0) is 17.5. The van der Waals surface area contributed by atoms with Crippen molar-refractivity contribution in [1.82, 2.24) is 4.90 Å². The molecule has 3 rings (SSSR count). The van der Waals surface area contributed by atoms with Crippen LogP contribution in [-0.2, 0) is 10.2 Å². The quantitative estimate of drug-likeness (QED) is 0.722. The normalized spacial score (nSPS) is 15.9. The van der Waals surface area contributed by atoms with Gasteiger partial charge in [0.1, 0.15) is 5.78 Å². The van der Waals surface area contributed by atoms with Crippen molar-refractivity contribution in [3.8, 4) is 0 Å². The summed E-state index contributed by atoms with van der Waals surface area (Å²) in [6.07, 6.45) is 5.91. The van der Waals surface area contributed by atoms with E-state index in [1.807, 2.05) is 36.4 Å². The number of piperidine rings is 1. The molecule has 0 atom stereocenters. The Kier molecular flexibility index (Phi) is 6.04. The lowest BCUT2D eigenvalue weighted by Gasteiger charge is -2.34. The van der Waals surface area contributed by atoms with Crippen molar-refractivity contribution in [2.45, 2.75) is 44.4 Å². The number of carbonyl (C=O) groups excluding carboxylic acids is 1. The maximum absolute atomic E-state index is 12.9. The zero-order valence-electron chi connectivity index (χ0n) is 15.3. The minimum atomic E-state index is -0.529. The lowest BCUT2D eigenvalue weighted by atomic mass is 9.68. The third-order valence-corrected chi connectivity index (χ3v) is 5.61. The van der Waals surface area contributed by atoms with Crippen LogP contribution < -0.4 is 0 Å². The summed E-state index contributed by atoms with van der Waals surface area (Å²) >= 11 is 0. The Balaban J connectivity index is 1.87. The number of likely N-dealkylation sites (tertiary alicyclic amines) is 1. The van der Waals surface area contributed by atoms with Crippen molar-refractivity contribution < 1.29 is 4.79 Å². The van der Waals surface area contributed by atoms with Crippen LogP contribution in [0.2, 0.25) is 0 Å². The molecule has 0 radical (unpaired) electrons. The van der Waals surface area contributed by atoms with Crippen LogP contribution in [0.25, 0.3) is 0 Å². The molecular weight excluding hydrogens is 306 g/mol. The topological polar surface area (TPSA) is 20.3 Å². The van der Waals surface area contributed by atoms with E-state index in [-0.39, 0.29) is 5.78 Å². The molecular formula is C23H29NO. The van der Waals surface area contributed by atoms with E-state index in [1.54, 1.807) is 6.92 Å². The van der Waals surface area contributed by atoms with Crippen LogP contribution in [0, 0.1) is 0 Å². The molecule has 1 heterocycles. The number of ketones is 1. The first-order valence-electron chi connectivity index (χ1n) is 9.58. The highest BCUT2D eigenvalue weighted by molar-refractivity contribution is 5.92. The molecule has 0 N–H and O–H groups in total. The highest BCUT2D eigenvalue weighted by Crippen LogP contribution is 2.38. The number of benzene rings is 2. The summed E-state index contributed by atoms with van der Waals surface area (Å²) in [5.74, 6) is 0.239. The van der Waals surface area contributed by atoms with Gasteiger partial charge in [-0.15, -0.1) is 0 Å². The van der Waals surface area contributed by atoms with E-state index >= 15 is 0 Å². The molecule has 0 spiro atoms. The van der Waals surface area contributed by atoms with Crippen LogP contribution in [0.3, 0.4) is 0 Å². The smallest absolute Gasteiger partial charge is 0.144 e. The Morgan fingerprint density at radius 3 is 1.88 bits per heavy atom. The molecule has 0 amide bonds. The van der Waals surface area contributed by atoms with Gasteiger partial charge in [0, 0.05) is 0 Å². The Hall–Kier alpha value is -1.93. The van der Waals surface area contributed by atoms with E-state index in [0.717, 1.165) is 30.5 Å². The van der Waals surface area contributed by atoms with E-state index in [4.69, 9.17) is 0 Å². The summed E-state index contributed by atoms with van der Waals surface area (Å²) in [6.45, 7) is 5.27. The molecule has 1 fully saturated rings. The molecule has 2 aromatic rings. The monoisotopic (exact) mass is 335 g/mol. The standard InChI is InChI=1S/C23H29NO/c1-20(25)23(21-12-5-2-6-13-21,22-14-7-3-8-15-22)16-11-19-24-17-9-4-10-18-24/h2-3,5-8,12-15H,4,9-11,16-19H2,1H3. The van der Waals surface area contributed by atoms with Crippen molar-refractivity contribution in [1.29, 1.82) is 0 Å². The van der Waals surface area contributed by atoms with Crippen LogP contribution in [0.4, 0.5) is 0 Å². The molecule has 0 aliphatic carbocycles. The zero-order valence-corrected chi connectivity index (χ0v) is 15.3. The van der Waals surface area contributed by atoms with Crippen LogP contribution in [-0.4, -0.2) is 30.3 Å². The van der Waals surface area contributed by atoms with Crippen molar-refractivity contribution in [2.75, 3.05) is 19.6 Å². The lowest BCUT2D eigenvalue weighted by molar-refractivity contribution is -0.121. The second-order valence-electron chi connectivity index (χ2n) is 7.20. The van der Waals surface area contributed by atoms with Gasteiger partial charge in [0.05, 0.1) is 5.41 Å². The first-order valence-corrected chi connectivity index (χ1v) is 9.58. The molecule has 2 heteroatoms. The number of hydrogen-bond acceptors (Lipinski definition) is 2. The Morgan fingerprint density at radius 1 is 0.880 bits per heavy atom. The average molecular weight is 335 g/mol. The third kappa shape index (κ3) is 4.01. The SMILES string of the molecule is CC(=O)C(CCCN1CCCCC1)(c1ccccc1)c1ccccc1. The van der Waals surface area contributed by atoms with Gasteiger partial charge in [-0.25, -0.2) is 0 Å². The van der Waals surface area contributed by atoms with Crippen molar-refractivity contribution in [3.63, 3.8) is 0 Å². The van der Waals surface area contributed by atoms with Gasteiger partial charge in [-0.1, -0.05) is 67.1 Å². The highest BCUT2D eigenvalue weighted by Gasteiger charge is 2.38. The molecule has 2 nitrogen and oxygen atoms in total. The van der Waals surface area contributed by atoms with Gasteiger partial charge >= 0.3 is 0 Å². The van der Waals surface area contributed by atoms with Gasteiger partial charge in [0.15, 0.2) is 0 Å². The van der Waals surface area contributed by atoms with Crippen molar-refractivity contribution >= 4 is 5.78 Å². The van der Waals surface area contributed by atoms with Gasteiger partial charge in [-0.05, 0) is 63.4 Å².